The number of amides is 1. The van der Waals surface area contributed by atoms with Crippen LogP contribution in [0.5, 0.6) is 5.88 Å². The summed E-state index contributed by atoms with van der Waals surface area (Å²) >= 11 is 0. The number of ether oxygens (including phenoxy) is 1. The lowest BCUT2D eigenvalue weighted by Crippen LogP contribution is -2.21. The maximum absolute atomic E-state index is 10.7. The number of aliphatic hydroxyl groups excluding tert-OH is 2. The Hall–Kier alpha value is -1.73. The highest BCUT2D eigenvalue weighted by atomic mass is 16.5. The number of rotatable bonds is 5. The van der Waals surface area contributed by atoms with Gasteiger partial charge in [0, 0.05) is 6.92 Å². The highest BCUT2D eigenvalue weighted by molar-refractivity contribution is 5.87. The first-order chi connectivity index (χ1) is 7.61. The molecule has 1 aromatic heterocycles. The summed E-state index contributed by atoms with van der Waals surface area (Å²) in [5, 5.41) is 20.0. The number of carbonyl (C=O) groups excluding carboxylic acids is 1. The van der Waals surface area contributed by atoms with E-state index in [1.807, 2.05) is 0 Å². The zero-order valence-corrected chi connectivity index (χ0v) is 8.75. The molecular weight excluding hydrogens is 214 g/mol. The minimum absolute atomic E-state index is 0.0648. The Labute approximate surface area is 92.1 Å². The number of anilines is 1. The van der Waals surface area contributed by atoms with Crippen LogP contribution in [0.25, 0.3) is 0 Å². The van der Waals surface area contributed by atoms with Crippen molar-refractivity contribution in [1.29, 1.82) is 0 Å². The molecule has 3 N–H and O–H groups in total. The van der Waals surface area contributed by atoms with Gasteiger partial charge in [-0.05, 0) is 0 Å². The van der Waals surface area contributed by atoms with E-state index < -0.39 is 6.10 Å². The molecule has 1 heterocycles. The van der Waals surface area contributed by atoms with Crippen molar-refractivity contribution >= 4 is 11.7 Å². The molecule has 0 radical (unpaired) electrons. The lowest BCUT2D eigenvalue weighted by atomic mass is 10.4. The van der Waals surface area contributed by atoms with E-state index in [0.717, 1.165) is 0 Å². The number of carbonyl (C=O) groups is 1. The standard InChI is InChI=1S/C9H13N3O4/c1-6(14)12-8-2-11-9(3-10-8)16-5-7(15)4-13/h2-3,7,13,15H,4-5H2,1H3,(H,10,12,14)/t7-/m1/s1. The fourth-order valence-corrected chi connectivity index (χ4v) is 0.870. The van der Waals surface area contributed by atoms with Gasteiger partial charge in [-0.2, -0.15) is 0 Å². The van der Waals surface area contributed by atoms with Crippen LogP contribution in [0.4, 0.5) is 5.82 Å². The van der Waals surface area contributed by atoms with Crippen LogP contribution in [0, 0.1) is 0 Å². The van der Waals surface area contributed by atoms with Crippen LogP contribution in [-0.2, 0) is 4.79 Å². The van der Waals surface area contributed by atoms with Crippen molar-refractivity contribution < 1.29 is 19.7 Å². The molecule has 1 amide bonds. The smallest absolute Gasteiger partial charge is 0.232 e. The number of nitrogens with zero attached hydrogens (tertiary/aromatic N) is 2. The average Bonchev–Trinajstić information content (AvgIpc) is 2.27. The SMILES string of the molecule is CC(=O)Nc1cnc(OC[C@H](O)CO)cn1. The molecule has 0 spiro atoms. The quantitative estimate of drug-likeness (QED) is 0.606. The number of nitrogens with one attached hydrogen (secondary N) is 1. The van der Waals surface area contributed by atoms with Crippen LogP contribution in [0.2, 0.25) is 0 Å². The van der Waals surface area contributed by atoms with Gasteiger partial charge in [-0.15, -0.1) is 0 Å². The molecule has 7 nitrogen and oxygen atoms in total. The summed E-state index contributed by atoms with van der Waals surface area (Å²) in [6.45, 7) is 0.922. The third-order valence-corrected chi connectivity index (χ3v) is 1.57. The molecule has 0 aliphatic carbocycles. The topological polar surface area (TPSA) is 105 Å². The van der Waals surface area contributed by atoms with E-state index in [4.69, 9.17) is 14.9 Å². The zero-order valence-electron chi connectivity index (χ0n) is 8.75. The number of hydrogen-bond donors (Lipinski definition) is 3. The van der Waals surface area contributed by atoms with Gasteiger partial charge in [0.05, 0.1) is 19.0 Å². The Kier molecular flexibility index (Phi) is 4.62. The van der Waals surface area contributed by atoms with Crippen LogP contribution < -0.4 is 10.1 Å². The first-order valence-corrected chi connectivity index (χ1v) is 4.63. The van der Waals surface area contributed by atoms with Gasteiger partial charge in [0.15, 0.2) is 5.82 Å². The Morgan fingerprint density at radius 1 is 1.56 bits per heavy atom. The van der Waals surface area contributed by atoms with Gasteiger partial charge in [-0.1, -0.05) is 0 Å². The Morgan fingerprint density at radius 3 is 2.81 bits per heavy atom. The van der Waals surface area contributed by atoms with Crippen LogP contribution in [0.1, 0.15) is 6.92 Å². The van der Waals surface area contributed by atoms with Gasteiger partial charge < -0.3 is 20.3 Å². The van der Waals surface area contributed by atoms with Gasteiger partial charge >= 0.3 is 0 Å². The van der Waals surface area contributed by atoms with Crippen molar-refractivity contribution in [2.75, 3.05) is 18.5 Å². The van der Waals surface area contributed by atoms with Crippen molar-refractivity contribution in [3.63, 3.8) is 0 Å². The highest BCUT2D eigenvalue weighted by Gasteiger charge is 2.04. The summed E-state index contributed by atoms with van der Waals surface area (Å²) < 4.78 is 5.02. The minimum Gasteiger partial charge on any atom is -0.474 e. The molecular formula is C9H13N3O4. The Bertz CT molecular complexity index is 341. The van der Waals surface area contributed by atoms with Gasteiger partial charge in [0.25, 0.3) is 0 Å². The summed E-state index contributed by atoms with van der Waals surface area (Å²) in [4.78, 5) is 18.4. The molecule has 0 aliphatic rings. The largest absolute Gasteiger partial charge is 0.474 e. The molecule has 88 valence electrons. The van der Waals surface area contributed by atoms with Crippen LogP contribution in [0.15, 0.2) is 12.4 Å². The molecule has 0 unspecified atom stereocenters. The molecule has 1 aromatic rings. The van der Waals surface area contributed by atoms with Crippen LogP contribution in [-0.4, -0.2) is 45.4 Å². The molecule has 0 saturated heterocycles. The summed E-state index contributed by atoms with van der Waals surface area (Å²) in [7, 11) is 0. The summed E-state index contributed by atoms with van der Waals surface area (Å²) in [6.07, 6.45) is 1.70. The van der Waals surface area contributed by atoms with E-state index in [9.17, 15) is 4.79 Å². The maximum Gasteiger partial charge on any atom is 0.232 e. The number of aliphatic hydroxyl groups is 2. The van der Waals surface area contributed by atoms with E-state index >= 15 is 0 Å². The Balaban J connectivity index is 2.48. The van der Waals surface area contributed by atoms with E-state index in [-0.39, 0.29) is 25.0 Å². The summed E-state index contributed by atoms with van der Waals surface area (Å²) in [5.74, 6) is 0.294. The monoisotopic (exact) mass is 227 g/mol. The molecule has 0 aliphatic heterocycles. The molecule has 0 saturated carbocycles. The van der Waals surface area contributed by atoms with E-state index in [0.29, 0.717) is 5.82 Å². The minimum atomic E-state index is -0.947. The molecule has 1 atom stereocenters. The number of aromatic nitrogens is 2. The Morgan fingerprint density at radius 2 is 2.31 bits per heavy atom. The second kappa shape index (κ2) is 5.99. The lowest BCUT2D eigenvalue weighted by Gasteiger charge is -2.08. The van der Waals surface area contributed by atoms with E-state index in [1.165, 1.54) is 19.3 Å². The second-order valence-electron chi connectivity index (χ2n) is 3.07. The fraction of sp³-hybridized carbons (Fsp3) is 0.444. The second-order valence-corrected chi connectivity index (χ2v) is 3.07. The number of hydrogen-bond acceptors (Lipinski definition) is 6. The first kappa shape index (κ1) is 12.3. The van der Waals surface area contributed by atoms with Crippen molar-refractivity contribution in [3.05, 3.63) is 12.4 Å². The lowest BCUT2D eigenvalue weighted by molar-refractivity contribution is -0.114. The van der Waals surface area contributed by atoms with Gasteiger partial charge in [-0.25, -0.2) is 9.97 Å². The molecule has 0 bridgehead atoms. The average molecular weight is 227 g/mol. The molecule has 7 heteroatoms. The predicted octanol–water partition coefficient (Wildman–Crippen LogP) is -0.833. The zero-order chi connectivity index (χ0) is 12.0. The molecule has 1 rings (SSSR count). The third-order valence-electron chi connectivity index (χ3n) is 1.57. The third kappa shape index (κ3) is 4.20. The van der Waals surface area contributed by atoms with Crippen LogP contribution >= 0.6 is 0 Å². The fourth-order valence-electron chi connectivity index (χ4n) is 0.870. The van der Waals surface area contributed by atoms with E-state index in [1.54, 1.807) is 0 Å². The molecule has 0 fully saturated rings. The normalized spacial score (nSPS) is 11.9. The van der Waals surface area contributed by atoms with Gasteiger partial charge in [0.1, 0.15) is 12.7 Å². The maximum atomic E-state index is 10.7. The van der Waals surface area contributed by atoms with Crippen molar-refractivity contribution in [2.24, 2.45) is 0 Å². The summed E-state index contributed by atoms with van der Waals surface area (Å²) in [6, 6.07) is 0. The van der Waals surface area contributed by atoms with Gasteiger partial charge in [-0.3, -0.25) is 4.79 Å². The van der Waals surface area contributed by atoms with Crippen molar-refractivity contribution in [1.82, 2.24) is 9.97 Å². The highest BCUT2D eigenvalue weighted by Crippen LogP contribution is 2.07. The predicted molar refractivity (Wildman–Crippen MR) is 54.9 cm³/mol. The van der Waals surface area contributed by atoms with Crippen molar-refractivity contribution in [2.45, 2.75) is 13.0 Å². The van der Waals surface area contributed by atoms with Crippen LogP contribution in [0.3, 0.4) is 0 Å². The summed E-state index contributed by atoms with van der Waals surface area (Å²) in [5.41, 5.74) is 0. The van der Waals surface area contributed by atoms with E-state index in [2.05, 4.69) is 15.3 Å². The molecule has 0 aromatic carbocycles. The first-order valence-electron chi connectivity index (χ1n) is 4.63. The van der Waals surface area contributed by atoms with Gasteiger partial charge in [0.2, 0.25) is 11.8 Å². The van der Waals surface area contributed by atoms with Crippen molar-refractivity contribution in [3.8, 4) is 5.88 Å². The molecule has 16 heavy (non-hydrogen) atoms.